The molecule has 110 heavy (non-hydrogen) atoms. The van der Waals surface area contributed by atoms with Crippen LogP contribution >= 0.6 is 45.3 Å². The topological polar surface area (TPSA) is 66.4 Å². The summed E-state index contributed by atoms with van der Waals surface area (Å²) >= 11 is 7.12. The van der Waals surface area contributed by atoms with Crippen molar-refractivity contribution in [3.63, 3.8) is 0 Å². The van der Waals surface area contributed by atoms with Gasteiger partial charge < -0.3 is 9.80 Å². The Labute approximate surface area is 679 Å². The molecule has 4 aromatic heterocycles. The van der Waals surface area contributed by atoms with Crippen molar-refractivity contribution in [1.29, 1.82) is 0 Å². The first-order chi connectivity index (χ1) is 54.1. The molecule has 6 aromatic carbocycles. The quantitative estimate of drug-likeness (QED) is 0.0216. The molecule has 0 radical (unpaired) electrons. The zero-order valence-corrected chi connectivity index (χ0v) is 72.0. The zero-order chi connectivity index (χ0) is 76.2. The van der Waals surface area contributed by atoms with E-state index in [0.29, 0.717) is 24.2 Å². The number of amides is 2. The zero-order valence-electron chi connectivity index (χ0n) is 68.7. The highest BCUT2D eigenvalue weighted by molar-refractivity contribution is 7.26. The summed E-state index contributed by atoms with van der Waals surface area (Å²) < 4.78 is 2.41. The molecule has 10 aromatic rings. The van der Waals surface area contributed by atoms with Crippen LogP contribution in [0.1, 0.15) is 344 Å². The van der Waals surface area contributed by atoms with Crippen molar-refractivity contribution in [2.24, 2.45) is 11.8 Å². The highest BCUT2D eigenvalue weighted by atomic mass is 32.1. The van der Waals surface area contributed by atoms with Gasteiger partial charge in [0.05, 0.1) is 52.8 Å². The Morgan fingerprint density at radius 1 is 0.309 bits per heavy atom. The molecule has 0 saturated carbocycles. The highest BCUT2D eigenvalue weighted by Gasteiger charge is 2.42. The minimum atomic E-state index is -0.0238. The monoisotopic (exact) mass is 1550 g/mol. The van der Waals surface area contributed by atoms with E-state index < -0.39 is 0 Å². The number of aryl methyl sites for hydroxylation is 2. The molecule has 0 N–H and O–H groups in total. The third-order valence-corrected chi connectivity index (χ3v) is 29.1. The lowest BCUT2D eigenvalue weighted by atomic mass is 9.89. The molecule has 10 heteroatoms. The van der Waals surface area contributed by atoms with E-state index in [-0.39, 0.29) is 11.8 Å². The third kappa shape index (κ3) is 22.3. The van der Waals surface area contributed by atoms with Gasteiger partial charge in [-0.05, 0) is 120 Å². The SMILES string of the molecule is CCCCCCCCCCCCC(CCCCCCCCCC)CCCCN1C(=O)/C(=C2/C(=O)N(CCCCC(CCCCCCCCCC)CCCCCCCCCCCC)c3cc(-c4ccc(-c5nc6c(ccc7c8ccc9c(ccc%10sc(C)nc%109)c8ccc76)s5)s4)ccc32)c2ccc(-c3ccc(C)s3)cc21. The lowest BCUT2D eigenvalue weighted by molar-refractivity contribution is -0.114. The van der Waals surface area contributed by atoms with Crippen LogP contribution in [0.4, 0.5) is 11.4 Å². The van der Waals surface area contributed by atoms with E-state index >= 15 is 9.59 Å². The molecule has 2 aliphatic heterocycles. The van der Waals surface area contributed by atoms with Gasteiger partial charge in [-0.25, -0.2) is 9.97 Å². The molecule has 6 nitrogen and oxygen atoms in total. The third-order valence-electron chi connectivity index (χ3n) is 24.8. The summed E-state index contributed by atoms with van der Waals surface area (Å²) in [7, 11) is 0. The van der Waals surface area contributed by atoms with Crippen molar-refractivity contribution >= 4 is 132 Å². The number of thiazole rings is 2. The molecule has 2 unspecified atom stereocenters. The number of unbranched alkanes of at least 4 members (excludes halogenated alkanes) is 34. The van der Waals surface area contributed by atoms with Crippen LogP contribution in [-0.4, -0.2) is 34.9 Å². The molecule has 2 atom stereocenters. The second-order valence-electron chi connectivity index (χ2n) is 33.4. The molecule has 0 fully saturated rings. The number of rotatable bonds is 53. The predicted octanol–water partition coefficient (Wildman–Crippen LogP) is 33.0. The Kier molecular flexibility index (Phi) is 33.4. The lowest BCUT2D eigenvalue weighted by Gasteiger charge is -2.20. The van der Waals surface area contributed by atoms with Crippen LogP contribution in [-0.2, 0) is 9.59 Å². The van der Waals surface area contributed by atoms with E-state index in [4.69, 9.17) is 9.97 Å². The molecular weight excluding hydrogens is 1420 g/mol. The summed E-state index contributed by atoms with van der Waals surface area (Å²) in [6.07, 6.45) is 61.1. The van der Waals surface area contributed by atoms with Gasteiger partial charge >= 0.3 is 0 Å². The Balaban J connectivity index is 0.801. The van der Waals surface area contributed by atoms with Crippen LogP contribution in [0.15, 0.2) is 109 Å². The molecular formula is C100H134N4O2S4. The summed E-state index contributed by atoms with van der Waals surface area (Å²) in [5, 5.41) is 9.44. The number of hydrogen-bond donors (Lipinski definition) is 0. The van der Waals surface area contributed by atoms with Gasteiger partial charge in [-0.1, -0.05) is 371 Å². The van der Waals surface area contributed by atoms with E-state index in [2.05, 4.69) is 161 Å². The normalized spacial score (nSPS) is 14.4. The number of carbonyl (C=O) groups is 2. The van der Waals surface area contributed by atoms with Crippen LogP contribution in [0.3, 0.4) is 0 Å². The number of thiophene rings is 2. The maximum absolute atomic E-state index is 16.0. The van der Waals surface area contributed by atoms with Crippen molar-refractivity contribution in [2.75, 3.05) is 22.9 Å². The van der Waals surface area contributed by atoms with Crippen molar-refractivity contribution in [1.82, 2.24) is 9.97 Å². The molecule has 2 amide bonds. The fraction of sp³-hybridized carbons (Fsp3) is 0.560. The van der Waals surface area contributed by atoms with Gasteiger partial charge in [-0.3, -0.25) is 9.59 Å². The Morgan fingerprint density at radius 2 is 0.636 bits per heavy atom. The van der Waals surface area contributed by atoms with Crippen LogP contribution in [0.25, 0.3) is 94.7 Å². The summed E-state index contributed by atoms with van der Waals surface area (Å²) in [6, 6.07) is 40.5. The second-order valence-corrected chi connectivity index (χ2v) is 38.0. The minimum absolute atomic E-state index is 0.0167. The van der Waals surface area contributed by atoms with Crippen molar-refractivity contribution in [2.45, 2.75) is 337 Å². The summed E-state index contributed by atoms with van der Waals surface area (Å²) in [4.78, 5) is 51.3. The van der Waals surface area contributed by atoms with E-state index in [1.54, 1.807) is 34.0 Å². The number of anilines is 2. The fourth-order valence-corrected chi connectivity index (χ4v) is 22.1. The fourth-order valence-electron chi connectivity index (χ4n) is 18.4. The van der Waals surface area contributed by atoms with E-state index in [1.807, 2.05) is 11.3 Å². The molecule has 0 spiro atoms. The van der Waals surface area contributed by atoms with Gasteiger partial charge in [-0.15, -0.1) is 45.3 Å². The molecule has 12 rings (SSSR count). The average Bonchev–Trinajstić information content (AvgIpc) is 1.54. The van der Waals surface area contributed by atoms with Crippen LogP contribution in [0.2, 0.25) is 0 Å². The largest absolute Gasteiger partial charge is 0.308 e. The highest BCUT2D eigenvalue weighted by Crippen LogP contribution is 2.51. The maximum atomic E-state index is 16.0. The van der Waals surface area contributed by atoms with Gasteiger partial charge in [0.25, 0.3) is 11.8 Å². The number of aromatic nitrogens is 2. The first-order valence-electron chi connectivity index (χ1n) is 44.9. The molecule has 590 valence electrons. The Hall–Kier alpha value is -6.04. The van der Waals surface area contributed by atoms with Gasteiger partial charge in [0, 0.05) is 49.6 Å². The number of fused-ring (bicyclic) bond motifs is 11. The Morgan fingerprint density at radius 3 is 1.04 bits per heavy atom. The summed E-state index contributed by atoms with van der Waals surface area (Å²) in [5.74, 6) is 1.43. The number of nitrogens with zero attached hydrogens (tertiary/aromatic N) is 4. The standard InChI is InChI=1S/C100H134N4O2S4/c1-7-11-15-19-23-27-29-33-37-41-49-75(47-39-35-31-25-21-17-13-9-3)51-43-45-69-103-87-71-77(89-64-53-73(5)107-89)54-56-85(87)94(99(103)105)95-86-57-55-78(72-88(86)104(100(95)106)70-46-44-52-76(48-40-36-32-26-22-18-14-10-4)50-42-38-34-30-28-24-20-16-12-8-2)90-67-68-93(109-90)98-102-97-84-61-59-79-80(82(84)63-66-92(97)110-98)58-60-83-81(79)62-65-91-96(83)101-74(6)108-91/h53-68,71-72,75-76H,7-52,69-70H2,1-6H3/b95-94+. The smallest absolute Gasteiger partial charge is 0.259 e. The lowest BCUT2D eigenvalue weighted by Crippen LogP contribution is -2.30. The minimum Gasteiger partial charge on any atom is -0.308 e. The second kappa shape index (κ2) is 44.0. The van der Waals surface area contributed by atoms with Crippen molar-refractivity contribution in [3.05, 3.63) is 130 Å². The van der Waals surface area contributed by atoms with Crippen LogP contribution < -0.4 is 9.80 Å². The van der Waals surface area contributed by atoms with Crippen LogP contribution in [0, 0.1) is 25.7 Å². The maximum Gasteiger partial charge on any atom is 0.259 e. The number of hydrogen-bond acceptors (Lipinski definition) is 8. The molecule has 0 saturated heterocycles. The Bertz CT molecular complexity index is 4560. The summed E-state index contributed by atoms with van der Waals surface area (Å²) in [6.45, 7) is 14.8. The van der Waals surface area contributed by atoms with Crippen molar-refractivity contribution < 1.29 is 9.59 Å². The van der Waals surface area contributed by atoms with E-state index in [9.17, 15) is 0 Å². The summed E-state index contributed by atoms with van der Waals surface area (Å²) in [5.41, 5.74) is 9.21. The molecule has 0 bridgehead atoms. The van der Waals surface area contributed by atoms with Gasteiger partial charge in [0.15, 0.2) is 0 Å². The van der Waals surface area contributed by atoms with Gasteiger partial charge in [0.2, 0.25) is 0 Å². The van der Waals surface area contributed by atoms with Gasteiger partial charge in [-0.2, -0.15) is 0 Å². The molecule has 6 heterocycles. The number of carbonyl (C=O) groups excluding carboxylic acids is 2. The van der Waals surface area contributed by atoms with E-state index in [0.717, 1.165) is 102 Å². The van der Waals surface area contributed by atoms with Crippen LogP contribution in [0.5, 0.6) is 0 Å². The predicted molar refractivity (Wildman–Crippen MR) is 487 cm³/mol. The molecule has 2 aliphatic rings. The van der Waals surface area contributed by atoms with E-state index in [1.165, 1.54) is 321 Å². The van der Waals surface area contributed by atoms with Gasteiger partial charge in [0.1, 0.15) is 5.01 Å². The average molecular weight is 1550 g/mol. The molecule has 0 aliphatic carbocycles. The van der Waals surface area contributed by atoms with Crippen molar-refractivity contribution in [3.8, 4) is 30.8 Å². The first-order valence-corrected chi connectivity index (χ1v) is 48.2. The number of benzene rings is 6. The first kappa shape index (κ1) is 83.4.